The molecule has 6 heteroatoms. The van der Waals surface area contributed by atoms with Crippen LogP contribution in [0.25, 0.3) is 0 Å². The number of rotatable bonds is 4. The lowest BCUT2D eigenvalue weighted by atomic mass is 10.3. The summed E-state index contributed by atoms with van der Waals surface area (Å²) in [7, 11) is 0. The lowest BCUT2D eigenvalue weighted by Crippen LogP contribution is -2.23. The van der Waals surface area contributed by atoms with Gasteiger partial charge in [0, 0.05) is 9.75 Å². The number of nitrogens with one attached hydrogen (secondary N) is 1. The van der Waals surface area contributed by atoms with Crippen LogP contribution in [0.3, 0.4) is 0 Å². The number of thiophene rings is 1. The highest BCUT2D eigenvalue weighted by Crippen LogP contribution is 2.16. The van der Waals surface area contributed by atoms with E-state index in [4.69, 9.17) is 5.73 Å². The number of nitrogens with two attached hydrogens (primary N) is 1. The molecule has 0 aromatic carbocycles. The summed E-state index contributed by atoms with van der Waals surface area (Å²) in [5.74, 6) is -0.0201. The molecule has 5 nitrogen and oxygen atoms in total. The maximum Gasteiger partial charge on any atom is 0.271 e. The van der Waals surface area contributed by atoms with Gasteiger partial charge in [0.15, 0.2) is 0 Å². The molecule has 3 N–H and O–H groups in total. The molecule has 0 unspecified atom stereocenters. The van der Waals surface area contributed by atoms with Gasteiger partial charge in [0.05, 0.1) is 18.9 Å². The Balaban J connectivity index is 1.96. The van der Waals surface area contributed by atoms with Gasteiger partial charge < -0.3 is 11.1 Å². The Kier molecular flexibility index (Phi) is 3.88. The van der Waals surface area contributed by atoms with Crippen molar-refractivity contribution >= 4 is 23.1 Å². The molecular weight excluding hydrogens is 248 g/mol. The van der Waals surface area contributed by atoms with Gasteiger partial charge in [-0.25, -0.2) is 4.98 Å². The van der Waals surface area contributed by atoms with Crippen LogP contribution >= 0.6 is 11.3 Å². The Labute approximate surface area is 109 Å². The van der Waals surface area contributed by atoms with E-state index in [0.29, 0.717) is 6.54 Å². The molecule has 0 fully saturated rings. The van der Waals surface area contributed by atoms with Gasteiger partial charge in [-0.1, -0.05) is 6.92 Å². The van der Waals surface area contributed by atoms with E-state index in [1.54, 1.807) is 11.3 Å². The lowest BCUT2D eigenvalue weighted by molar-refractivity contribution is 0.0946. The summed E-state index contributed by atoms with van der Waals surface area (Å²) in [6, 6.07) is 4.10. The molecule has 0 aliphatic rings. The monoisotopic (exact) mass is 262 g/mol. The Bertz CT molecular complexity index is 553. The zero-order valence-electron chi connectivity index (χ0n) is 10.0. The summed E-state index contributed by atoms with van der Waals surface area (Å²) in [4.78, 5) is 22.0. The average Bonchev–Trinajstić information content (AvgIpc) is 2.84. The first-order valence-electron chi connectivity index (χ1n) is 5.62. The minimum Gasteiger partial charge on any atom is -0.382 e. The molecule has 0 radical (unpaired) electrons. The SMILES string of the molecule is CCc1ccc(CNC(=O)c2cncc(N)n2)s1. The van der Waals surface area contributed by atoms with Gasteiger partial charge in [0.25, 0.3) is 5.91 Å². The van der Waals surface area contributed by atoms with Crippen LogP contribution in [0.15, 0.2) is 24.5 Å². The molecule has 94 valence electrons. The number of hydrogen-bond donors (Lipinski definition) is 2. The molecule has 2 aromatic heterocycles. The number of carbonyl (C=O) groups excluding carboxylic acids is 1. The van der Waals surface area contributed by atoms with Gasteiger partial charge in [0.1, 0.15) is 11.5 Å². The van der Waals surface area contributed by atoms with E-state index in [2.05, 4.69) is 28.3 Å². The highest BCUT2D eigenvalue weighted by molar-refractivity contribution is 7.11. The van der Waals surface area contributed by atoms with Crippen LogP contribution in [-0.2, 0) is 13.0 Å². The largest absolute Gasteiger partial charge is 0.382 e. The van der Waals surface area contributed by atoms with Crippen LogP contribution in [0.2, 0.25) is 0 Å². The summed E-state index contributed by atoms with van der Waals surface area (Å²) in [5.41, 5.74) is 5.71. The predicted molar refractivity (Wildman–Crippen MR) is 71.3 cm³/mol. The number of aromatic nitrogens is 2. The summed E-state index contributed by atoms with van der Waals surface area (Å²) in [5, 5.41) is 2.79. The Hall–Kier alpha value is -1.95. The second-order valence-corrected chi connectivity index (χ2v) is 4.99. The van der Waals surface area contributed by atoms with E-state index in [0.717, 1.165) is 11.3 Å². The zero-order chi connectivity index (χ0) is 13.0. The second kappa shape index (κ2) is 5.59. The highest BCUT2D eigenvalue weighted by Gasteiger charge is 2.08. The van der Waals surface area contributed by atoms with Crippen LogP contribution in [0, 0.1) is 0 Å². The Morgan fingerprint density at radius 1 is 1.39 bits per heavy atom. The second-order valence-electron chi connectivity index (χ2n) is 3.73. The quantitative estimate of drug-likeness (QED) is 0.877. The fourth-order valence-electron chi connectivity index (χ4n) is 1.46. The number of anilines is 1. The smallest absolute Gasteiger partial charge is 0.271 e. The van der Waals surface area contributed by atoms with E-state index in [1.807, 2.05) is 6.07 Å². The zero-order valence-corrected chi connectivity index (χ0v) is 10.8. The van der Waals surface area contributed by atoms with Gasteiger partial charge >= 0.3 is 0 Å². The van der Waals surface area contributed by atoms with E-state index in [-0.39, 0.29) is 17.4 Å². The molecule has 0 aliphatic carbocycles. The molecule has 2 rings (SSSR count). The molecule has 2 aromatic rings. The molecule has 0 aliphatic heterocycles. The van der Waals surface area contributed by atoms with Crippen molar-refractivity contribution in [2.24, 2.45) is 0 Å². The topological polar surface area (TPSA) is 80.9 Å². The Morgan fingerprint density at radius 2 is 2.17 bits per heavy atom. The van der Waals surface area contributed by atoms with Gasteiger partial charge in [0.2, 0.25) is 0 Å². The first-order valence-corrected chi connectivity index (χ1v) is 6.44. The molecule has 0 bridgehead atoms. The van der Waals surface area contributed by atoms with Crippen molar-refractivity contribution in [3.63, 3.8) is 0 Å². The highest BCUT2D eigenvalue weighted by atomic mass is 32.1. The van der Waals surface area contributed by atoms with Crippen LogP contribution in [-0.4, -0.2) is 15.9 Å². The Morgan fingerprint density at radius 3 is 2.83 bits per heavy atom. The van der Waals surface area contributed by atoms with Crippen LogP contribution in [0.5, 0.6) is 0 Å². The fourth-order valence-corrected chi connectivity index (χ4v) is 2.35. The maximum atomic E-state index is 11.8. The first-order chi connectivity index (χ1) is 8.69. The molecule has 18 heavy (non-hydrogen) atoms. The number of aryl methyl sites for hydroxylation is 1. The van der Waals surface area contributed by atoms with E-state index in [1.165, 1.54) is 17.3 Å². The van der Waals surface area contributed by atoms with Crippen molar-refractivity contribution in [2.75, 3.05) is 5.73 Å². The third-order valence-electron chi connectivity index (χ3n) is 2.37. The summed E-state index contributed by atoms with van der Waals surface area (Å²) in [6.45, 7) is 2.61. The van der Waals surface area contributed by atoms with Crippen molar-refractivity contribution in [1.82, 2.24) is 15.3 Å². The third kappa shape index (κ3) is 3.04. The minimum atomic E-state index is -0.263. The maximum absolute atomic E-state index is 11.8. The van der Waals surface area contributed by atoms with Crippen molar-refractivity contribution in [3.05, 3.63) is 40.0 Å². The summed E-state index contributed by atoms with van der Waals surface area (Å²) in [6.07, 6.45) is 3.82. The molecular formula is C12H14N4OS. The lowest BCUT2D eigenvalue weighted by Gasteiger charge is -2.02. The first kappa shape index (κ1) is 12.5. The fraction of sp³-hybridized carbons (Fsp3) is 0.250. The molecule has 0 spiro atoms. The predicted octanol–water partition coefficient (Wildman–Crippen LogP) is 1.61. The molecule has 1 amide bonds. The van der Waals surface area contributed by atoms with E-state index in [9.17, 15) is 4.79 Å². The van der Waals surface area contributed by atoms with Gasteiger partial charge in [-0.05, 0) is 18.6 Å². The van der Waals surface area contributed by atoms with Gasteiger partial charge in [-0.2, -0.15) is 0 Å². The van der Waals surface area contributed by atoms with Crippen molar-refractivity contribution in [1.29, 1.82) is 0 Å². The number of amides is 1. The van der Waals surface area contributed by atoms with Crippen molar-refractivity contribution in [2.45, 2.75) is 19.9 Å². The summed E-state index contributed by atoms with van der Waals surface area (Å²) >= 11 is 1.70. The van der Waals surface area contributed by atoms with Gasteiger partial charge in [-0.3, -0.25) is 9.78 Å². The van der Waals surface area contributed by atoms with Gasteiger partial charge in [-0.15, -0.1) is 11.3 Å². The molecule has 0 atom stereocenters. The minimum absolute atomic E-state index is 0.238. The molecule has 2 heterocycles. The number of carbonyl (C=O) groups is 1. The summed E-state index contributed by atoms with van der Waals surface area (Å²) < 4.78 is 0. The van der Waals surface area contributed by atoms with E-state index < -0.39 is 0 Å². The standard InChI is InChI=1S/C12H14N4OS/c1-2-8-3-4-9(18-8)5-15-12(17)10-6-14-7-11(13)16-10/h3-4,6-7H,2,5H2,1H3,(H2,13,16)(H,15,17). The number of nitrogens with zero attached hydrogens (tertiary/aromatic N) is 2. The molecule has 0 saturated carbocycles. The average molecular weight is 262 g/mol. The number of nitrogen functional groups attached to an aromatic ring is 1. The van der Waals surface area contributed by atoms with Crippen molar-refractivity contribution in [3.8, 4) is 0 Å². The van der Waals surface area contributed by atoms with Crippen LogP contribution in [0.1, 0.15) is 27.2 Å². The third-order valence-corrected chi connectivity index (χ3v) is 3.60. The van der Waals surface area contributed by atoms with Crippen LogP contribution < -0.4 is 11.1 Å². The van der Waals surface area contributed by atoms with Crippen LogP contribution in [0.4, 0.5) is 5.82 Å². The van der Waals surface area contributed by atoms with E-state index >= 15 is 0 Å². The number of hydrogen-bond acceptors (Lipinski definition) is 5. The van der Waals surface area contributed by atoms with Crippen molar-refractivity contribution < 1.29 is 4.79 Å². The molecule has 0 saturated heterocycles. The normalized spacial score (nSPS) is 10.3.